The quantitative estimate of drug-likeness (QED) is 0.676. The summed E-state index contributed by atoms with van der Waals surface area (Å²) in [5.74, 6) is -0.680. The van der Waals surface area contributed by atoms with Crippen molar-refractivity contribution in [2.45, 2.75) is 31.1 Å². The Balaban J connectivity index is 1.60. The smallest absolute Gasteiger partial charge is 0.264 e. The molecule has 2 amide bonds. The van der Waals surface area contributed by atoms with E-state index >= 15 is 0 Å². The molecule has 2 N–H and O–H groups in total. The molecule has 1 aromatic heterocycles. The summed E-state index contributed by atoms with van der Waals surface area (Å²) >= 11 is 0. The number of nitrogens with one attached hydrogen (secondary N) is 2. The molecule has 2 heterocycles. The first-order valence-electron chi connectivity index (χ1n) is 9.37. The van der Waals surface area contributed by atoms with E-state index in [1.165, 1.54) is 36.7 Å². The number of unbranched alkanes of at least 4 members (excludes halogenated alkanes) is 1. The number of benzene rings is 1. The predicted molar refractivity (Wildman–Crippen MR) is 108 cm³/mol. The van der Waals surface area contributed by atoms with Gasteiger partial charge in [-0.05, 0) is 36.8 Å². The van der Waals surface area contributed by atoms with Gasteiger partial charge < -0.3 is 10.2 Å². The first-order chi connectivity index (χ1) is 13.9. The van der Waals surface area contributed by atoms with Crippen molar-refractivity contribution in [1.82, 2.24) is 14.9 Å². The second-order valence-corrected chi connectivity index (χ2v) is 8.47. The average molecular weight is 417 g/mol. The molecule has 1 aromatic carbocycles. The number of anilines is 2. The standard InChI is InChI=1S/C19H23N5O4S/c1-2-3-11-24-13-14(12-17(24)25)18(26)22-15-5-7-16(8-6-15)29(27,28)23-19-20-9-4-10-21-19/h4-10,14H,2-3,11-13H2,1H3,(H,22,26)(H,20,21,23). The molecule has 9 nitrogen and oxygen atoms in total. The first kappa shape index (κ1) is 20.7. The summed E-state index contributed by atoms with van der Waals surface area (Å²) in [4.78, 5) is 33.9. The molecule has 1 atom stereocenters. The summed E-state index contributed by atoms with van der Waals surface area (Å²) in [6.45, 7) is 3.14. The van der Waals surface area contributed by atoms with E-state index in [9.17, 15) is 18.0 Å². The fourth-order valence-corrected chi connectivity index (χ4v) is 3.96. The van der Waals surface area contributed by atoms with E-state index in [4.69, 9.17) is 0 Å². The van der Waals surface area contributed by atoms with Crippen LogP contribution in [0.5, 0.6) is 0 Å². The van der Waals surface area contributed by atoms with Crippen LogP contribution in [0.1, 0.15) is 26.2 Å². The Morgan fingerprint density at radius 3 is 2.55 bits per heavy atom. The van der Waals surface area contributed by atoms with Gasteiger partial charge in [0.05, 0.1) is 10.8 Å². The first-order valence-corrected chi connectivity index (χ1v) is 10.9. The van der Waals surface area contributed by atoms with Crippen LogP contribution in [0, 0.1) is 5.92 Å². The van der Waals surface area contributed by atoms with E-state index in [0.29, 0.717) is 18.8 Å². The maximum Gasteiger partial charge on any atom is 0.264 e. The zero-order valence-electron chi connectivity index (χ0n) is 16.0. The lowest BCUT2D eigenvalue weighted by molar-refractivity contribution is -0.128. The maximum absolute atomic E-state index is 12.5. The van der Waals surface area contributed by atoms with Crippen LogP contribution in [0.25, 0.3) is 0 Å². The molecule has 10 heteroatoms. The summed E-state index contributed by atoms with van der Waals surface area (Å²) in [5, 5.41) is 2.75. The second kappa shape index (κ2) is 8.99. The number of amides is 2. The van der Waals surface area contributed by atoms with Crippen LogP contribution in [0.4, 0.5) is 11.6 Å². The van der Waals surface area contributed by atoms with Crippen molar-refractivity contribution < 1.29 is 18.0 Å². The number of sulfonamides is 1. The highest BCUT2D eigenvalue weighted by Crippen LogP contribution is 2.21. The molecule has 0 bridgehead atoms. The molecule has 1 saturated heterocycles. The lowest BCUT2D eigenvalue weighted by Crippen LogP contribution is -2.29. The predicted octanol–water partition coefficient (Wildman–Crippen LogP) is 1.86. The second-order valence-electron chi connectivity index (χ2n) is 6.79. The molecule has 154 valence electrons. The van der Waals surface area contributed by atoms with E-state index in [0.717, 1.165) is 12.8 Å². The third-order valence-corrected chi connectivity index (χ3v) is 5.93. The fourth-order valence-electron chi connectivity index (χ4n) is 3.01. The Hall–Kier alpha value is -3.01. The molecule has 3 rings (SSSR count). The fraction of sp³-hybridized carbons (Fsp3) is 0.368. The maximum atomic E-state index is 12.5. The lowest BCUT2D eigenvalue weighted by atomic mass is 10.1. The molecular weight excluding hydrogens is 394 g/mol. The molecule has 0 radical (unpaired) electrons. The van der Waals surface area contributed by atoms with Crippen LogP contribution in [0.3, 0.4) is 0 Å². The van der Waals surface area contributed by atoms with E-state index in [1.54, 1.807) is 11.0 Å². The largest absolute Gasteiger partial charge is 0.342 e. The number of aromatic nitrogens is 2. The van der Waals surface area contributed by atoms with Gasteiger partial charge in [0.2, 0.25) is 17.8 Å². The number of hydrogen-bond donors (Lipinski definition) is 2. The van der Waals surface area contributed by atoms with E-state index in [1.807, 2.05) is 0 Å². The Labute approximate surface area is 169 Å². The summed E-state index contributed by atoms with van der Waals surface area (Å²) in [6, 6.07) is 7.35. The van der Waals surface area contributed by atoms with Crippen LogP contribution < -0.4 is 10.0 Å². The van der Waals surface area contributed by atoms with Gasteiger partial charge in [-0.25, -0.2) is 23.1 Å². The van der Waals surface area contributed by atoms with E-state index in [2.05, 4.69) is 26.9 Å². The third-order valence-electron chi connectivity index (χ3n) is 4.59. The van der Waals surface area contributed by atoms with Gasteiger partial charge in [0.15, 0.2) is 0 Å². The van der Waals surface area contributed by atoms with E-state index in [-0.39, 0.29) is 29.1 Å². The van der Waals surface area contributed by atoms with E-state index < -0.39 is 15.9 Å². The number of nitrogens with zero attached hydrogens (tertiary/aromatic N) is 3. The van der Waals surface area contributed by atoms with Crippen molar-refractivity contribution in [3.63, 3.8) is 0 Å². The van der Waals surface area contributed by atoms with Crippen LogP contribution in [0.2, 0.25) is 0 Å². The van der Waals surface area contributed by atoms with Crippen molar-refractivity contribution in [1.29, 1.82) is 0 Å². The van der Waals surface area contributed by atoms with Gasteiger partial charge in [0.1, 0.15) is 0 Å². The highest BCUT2D eigenvalue weighted by Gasteiger charge is 2.33. The summed E-state index contributed by atoms with van der Waals surface area (Å²) in [7, 11) is -3.84. The summed E-state index contributed by atoms with van der Waals surface area (Å²) in [5.41, 5.74) is 0.462. The minimum Gasteiger partial charge on any atom is -0.342 e. The van der Waals surface area contributed by atoms with Gasteiger partial charge in [-0.2, -0.15) is 0 Å². The molecule has 1 aliphatic rings. The Morgan fingerprint density at radius 2 is 1.90 bits per heavy atom. The Kier molecular flexibility index (Phi) is 6.42. The topological polar surface area (TPSA) is 121 Å². The van der Waals surface area contributed by atoms with Crippen molar-refractivity contribution in [2.24, 2.45) is 5.92 Å². The summed E-state index contributed by atoms with van der Waals surface area (Å²) in [6.07, 6.45) is 4.96. The third kappa shape index (κ3) is 5.29. The molecule has 2 aromatic rings. The van der Waals surface area contributed by atoms with Gasteiger partial charge in [-0.1, -0.05) is 13.3 Å². The number of carbonyl (C=O) groups is 2. The van der Waals surface area contributed by atoms with Crippen molar-refractivity contribution in [3.8, 4) is 0 Å². The van der Waals surface area contributed by atoms with Gasteiger partial charge in [0, 0.05) is 37.6 Å². The Bertz CT molecular complexity index is 964. The van der Waals surface area contributed by atoms with Gasteiger partial charge in [0.25, 0.3) is 10.0 Å². The molecule has 0 saturated carbocycles. The monoisotopic (exact) mass is 417 g/mol. The van der Waals surface area contributed by atoms with Gasteiger partial charge >= 0.3 is 0 Å². The van der Waals surface area contributed by atoms with Crippen LogP contribution >= 0.6 is 0 Å². The minimum atomic E-state index is -3.84. The molecule has 1 fully saturated rings. The normalized spacial score (nSPS) is 16.7. The minimum absolute atomic E-state index is 0.00533. The molecule has 0 aliphatic carbocycles. The van der Waals surface area contributed by atoms with Gasteiger partial charge in [-0.3, -0.25) is 9.59 Å². The van der Waals surface area contributed by atoms with Crippen LogP contribution in [-0.2, 0) is 19.6 Å². The van der Waals surface area contributed by atoms with Crippen molar-refractivity contribution in [2.75, 3.05) is 23.1 Å². The highest BCUT2D eigenvalue weighted by molar-refractivity contribution is 7.92. The molecule has 1 unspecified atom stereocenters. The van der Waals surface area contributed by atoms with Crippen LogP contribution in [0.15, 0.2) is 47.6 Å². The number of carbonyl (C=O) groups excluding carboxylic acids is 2. The van der Waals surface area contributed by atoms with Gasteiger partial charge in [-0.15, -0.1) is 0 Å². The molecule has 29 heavy (non-hydrogen) atoms. The number of rotatable bonds is 8. The number of likely N-dealkylation sites (tertiary alicyclic amines) is 1. The van der Waals surface area contributed by atoms with Crippen molar-refractivity contribution >= 4 is 33.5 Å². The SMILES string of the molecule is CCCCN1CC(C(=O)Nc2ccc(S(=O)(=O)Nc3ncccn3)cc2)CC1=O. The molecular formula is C19H23N5O4S. The van der Waals surface area contributed by atoms with Crippen LogP contribution in [-0.4, -0.2) is 48.2 Å². The lowest BCUT2D eigenvalue weighted by Gasteiger charge is -2.16. The highest BCUT2D eigenvalue weighted by atomic mass is 32.2. The Morgan fingerprint density at radius 1 is 1.21 bits per heavy atom. The average Bonchev–Trinajstić information content (AvgIpc) is 3.08. The zero-order valence-corrected chi connectivity index (χ0v) is 16.9. The number of hydrogen-bond acceptors (Lipinski definition) is 6. The van der Waals surface area contributed by atoms with Crippen molar-refractivity contribution in [3.05, 3.63) is 42.7 Å². The molecule has 1 aliphatic heterocycles. The molecule has 0 spiro atoms. The summed E-state index contributed by atoms with van der Waals surface area (Å²) < 4.78 is 27.0. The zero-order chi connectivity index (χ0) is 20.9.